The van der Waals surface area contributed by atoms with E-state index >= 15 is 0 Å². The maximum atomic E-state index is 9.91. The molecule has 0 aliphatic heterocycles. The molecule has 3 aromatic heterocycles. The summed E-state index contributed by atoms with van der Waals surface area (Å²) in [6, 6.07) is 11.1. The summed E-state index contributed by atoms with van der Waals surface area (Å²) in [7, 11) is 1.91. The van der Waals surface area contributed by atoms with Gasteiger partial charge in [0.2, 0.25) is 0 Å². The molecule has 1 atom stereocenters. The number of rotatable bonds is 5. The van der Waals surface area contributed by atoms with Crippen LogP contribution >= 0.6 is 0 Å². The molecule has 1 aromatic carbocycles. The maximum absolute atomic E-state index is 9.91. The van der Waals surface area contributed by atoms with E-state index in [2.05, 4.69) is 16.0 Å². The molecule has 0 spiro atoms. The molecule has 0 fully saturated rings. The van der Waals surface area contributed by atoms with Crippen LogP contribution < -0.4 is 15.1 Å². The molecule has 155 valence electrons. The van der Waals surface area contributed by atoms with Crippen LogP contribution in [0.4, 0.5) is 17.3 Å². The molecule has 0 saturated carbocycles. The second-order valence-corrected chi connectivity index (χ2v) is 10.1. The molecule has 31 heavy (non-hydrogen) atoms. The molecule has 4 aromatic rings. The van der Waals surface area contributed by atoms with Crippen LogP contribution in [0.25, 0.3) is 5.52 Å². The van der Waals surface area contributed by atoms with E-state index in [0.717, 1.165) is 22.6 Å². The second-order valence-electron chi connectivity index (χ2n) is 7.04. The van der Waals surface area contributed by atoms with Crippen molar-refractivity contribution in [2.45, 2.75) is 18.6 Å². The second kappa shape index (κ2) is 8.24. The average molecular weight is 475 g/mol. The van der Waals surface area contributed by atoms with Crippen LogP contribution in [0.1, 0.15) is 28.6 Å². The van der Waals surface area contributed by atoms with E-state index in [0.29, 0.717) is 15.9 Å². The molecular formula is C21H20AsN8O. The number of nitrogen functional groups attached to an aromatic ring is 1. The molecule has 0 amide bonds. The van der Waals surface area contributed by atoms with Crippen LogP contribution in [-0.4, -0.2) is 52.5 Å². The molecule has 1 unspecified atom stereocenters. The van der Waals surface area contributed by atoms with Gasteiger partial charge >= 0.3 is 186 Å². The number of aromatic nitrogens is 5. The van der Waals surface area contributed by atoms with Gasteiger partial charge in [0, 0.05) is 0 Å². The molecule has 9 nitrogen and oxygen atoms in total. The molecule has 10 heteroatoms. The number of hydrogen-bond donors (Lipinski definition) is 2. The summed E-state index contributed by atoms with van der Waals surface area (Å²) in [6.07, 6.45) is 3.29. The summed E-state index contributed by atoms with van der Waals surface area (Å²) in [5.41, 5.74) is 8.91. The third-order valence-electron chi connectivity index (χ3n) is 4.90. The van der Waals surface area contributed by atoms with Gasteiger partial charge in [0.15, 0.2) is 0 Å². The van der Waals surface area contributed by atoms with Crippen molar-refractivity contribution in [2.24, 2.45) is 0 Å². The number of benzene rings is 1. The molecule has 0 saturated heterocycles. The minimum atomic E-state index is -0.576. The monoisotopic (exact) mass is 475 g/mol. The summed E-state index contributed by atoms with van der Waals surface area (Å²) in [5, 5.41) is 24.1. The fourth-order valence-electron chi connectivity index (χ4n) is 3.24. The Labute approximate surface area is 185 Å². The van der Waals surface area contributed by atoms with Gasteiger partial charge < -0.3 is 0 Å². The fraction of sp³-hybridized carbons (Fsp3) is 0.190. The average Bonchev–Trinajstić information content (AvgIpc) is 3.13. The number of phenols is 1. The Morgan fingerprint density at radius 1 is 1.29 bits per heavy atom. The predicted octanol–water partition coefficient (Wildman–Crippen LogP) is 1.85. The van der Waals surface area contributed by atoms with E-state index in [9.17, 15) is 10.4 Å². The fourth-order valence-corrected chi connectivity index (χ4v) is 5.35. The van der Waals surface area contributed by atoms with Crippen LogP contribution in [0, 0.1) is 18.3 Å². The van der Waals surface area contributed by atoms with Crippen molar-refractivity contribution in [1.29, 1.82) is 5.26 Å². The van der Waals surface area contributed by atoms with Crippen LogP contribution in [-0.2, 0) is 0 Å². The zero-order valence-corrected chi connectivity index (χ0v) is 19.1. The first-order chi connectivity index (χ1) is 14.9. The van der Waals surface area contributed by atoms with Gasteiger partial charge in [-0.15, -0.1) is 0 Å². The first-order valence-electron chi connectivity index (χ1n) is 9.49. The van der Waals surface area contributed by atoms with Gasteiger partial charge in [-0.1, -0.05) is 0 Å². The van der Waals surface area contributed by atoms with Gasteiger partial charge in [0.1, 0.15) is 0 Å². The van der Waals surface area contributed by atoms with Crippen molar-refractivity contribution in [3.05, 3.63) is 59.8 Å². The third kappa shape index (κ3) is 3.90. The first kappa shape index (κ1) is 20.6. The Morgan fingerprint density at radius 3 is 2.84 bits per heavy atom. The zero-order chi connectivity index (χ0) is 22.1. The molecule has 1 radical (unpaired) electrons. The topological polar surface area (TPSA) is 129 Å². The predicted molar refractivity (Wildman–Crippen MR) is 119 cm³/mol. The van der Waals surface area contributed by atoms with Gasteiger partial charge in [-0.3, -0.25) is 0 Å². The van der Waals surface area contributed by atoms with Gasteiger partial charge in [0.05, 0.1) is 0 Å². The van der Waals surface area contributed by atoms with Gasteiger partial charge in [-0.25, -0.2) is 0 Å². The van der Waals surface area contributed by atoms with E-state index in [1.807, 2.05) is 48.6 Å². The molecule has 3 N–H and O–H groups in total. The van der Waals surface area contributed by atoms with Crippen LogP contribution in [0.5, 0.6) is 5.75 Å². The van der Waals surface area contributed by atoms with E-state index in [1.165, 1.54) is 6.33 Å². The Balaban J connectivity index is 1.78. The number of anilines is 3. The molecule has 0 bridgehead atoms. The van der Waals surface area contributed by atoms with Gasteiger partial charge in [0.25, 0.3) is 0 Å². The number of aryl methyl sites for hydroxylation is 1. The number of aromatic hydroxyl groups is 1. The Bertz CT molecular complexity index is 1310. The first-order valence-corrected chi connectivity index (χ1v) is 11.5. The van der Waals surface area contributed by atoms with Crippen molar-refractivity contribution in [3.8, 4) is 11.8 Å². The van der Waals surface area contributed by atoms with Gasteiger partial charge in [-0.05, 0) is 0 Å². The summed E-state index contributed by atoms with van der Waals surface area (Å²) in [6.45, 7) is 4.03. The van der Waals surface area contributed by atoms with Crippen molar-refractivity contribution >= 4 is 43.1 Å². The van der Waals surface area contributed by atoms with Crippen LogP contribution in [0.3, 0.4) is 0 Å². The molecule has 0 aliphatic rings. The minimum absolute atomic E-state index is 0.0407. The summed E-state index contributed by atoms with van der Waals surface area (Å²) < 4.78 is 2.44. The van der Waals surface area contributed by atoms with E-state index < -0.39 is 15.8 Å². The van der Waals surface area contributed by atoms with Crippen molar-refractivity contribution in [1.82, 2.24) is 24.6 Å². The SMILES string of the molecule is Cc1ccn2nc(C(C)[As]c3ncnc(N)c3C#N)nc(N(C)c3cccc(O)c3)c12. The summed E-state index contributed by atoms with van der Waals surface area (Å²) in [5.74, 6) is 1.75. The van der Waals surface area contributed by atoms with Crippen molar-refractivity contribution in [3.63, 3.8) is 0 Å². The van der Waals surface area contributed by atoms with Crippen molar-refractivity contribution < 1.29 is 5.11 Å². The molecular weight excluding hydrogens is 455 g/mol. The van der Waals surface area contributed by atoms with E-state index in [-0.39, 0.29) is 16.3 Å². The number of hydrogen-bond acceptors (Lipinski definition) is 8. The quantitative estimate of drug-likeness (QED) is 0.419. The Hall–Kier alpha value is -3.63. The zero-order valence-electron chi connectivity index (χ0n) is 17.2. The molecule has 0 aliphatic carbocycles. The number of nitrogens with zero attached hydrogens (tertiary/aromatic N) is 7. The van der Waals surface area contributed by atoms with E-state index in [1.54, 1.807) is 18.2 Å². The van der Waals surface area contributed by atoms with Gasteiger partial charge in [-0.2, -0.15) is 0 Å². The summed E-state index contributed by atoms with van der Waals surface area (Å²) in [4.78, 5) is 15.0. The Kier molecular flexibility index (Phi) is 5.49. The number of fused-ring (bicyclic) bond motifs is 1. The molecule has 4 rings (SSSR count). The van der Waals surface area contributed by atoms with Crippen LogP contribution in [0.15, 0.2) is 42.9 Å². The number of nitrogens with two attached hydrogens (primary N) is 1. The van der Waals surface area contributed by atoms with Crippen LogP contribution in [0.2, 0.25) is 0 Å². The number of phenolic OH excluding ortho intramolecular Hbond substituents is 1. The van der Waals surface area contributed by atoms with Crippen molar-refractivity contribution in [2.75, 3.05) is 17.7 Å². The third-order valence-corrected chi connectivity index (χ3v) is 7.43. The number of nitriles is 1. The Morgan fingerprint density at radius 2 is 2.10 bits per heavy atom. The molecule has 3 heterocycles. The van der Waals surface area contributed by atoms with E-state index in [4.69, 9.17) is 15.8 Å². The standard InChI is InChI=1S/C21H20AsN8O/c1-12-7-8-30-17(12)21(29(3)14-5-4-6-15(31)9-14)27-20(28-30)13(2)22-18-16(10-23)19(24)26-11-25-18/h4-9,11,13,31H,1-3H3,(H2,24,25,26). The summed E-state index contributed by atoms with van der Waals surface area (Å²) >= 11 is -0.576. The normalized spacial score (nSPS) is 12.3.